The molecule has 3 nitrogen and oxygen atoms in total. The summed E-state index contributed by atoms with van der Waals surface area (Å²) in [5.74, 6) is -0.757. The molecule has 0 N–H and O–H groups in total. The summed E-state index contributed by atoms with van der Waals surface area (Å²) in [4.78, 5) is 24.0. The maximum absolute atomic E-state index is 12.4. The Kier molecular flexibility index (Phi) is 4.51. The van der Waals surface area contributed by atoms with Crippen LogP contribution in [0.4, 0.5) is 0 Å². The Bertz CT molecular complexity index is 266. The summed E-state index contributed by atoms with van der Waals surface area (Å²) in [5, 5.41) is 0. The Morgan fingerprint density at radius 2 is 2.00 bits per heavy atom. The third kappa shape index (κ3) is 2.28. The second kappa shape index (κ2) is 5.46. The Balaban J connectivity index is 2.96. The quantitative estimate of drug-likeness (QED) is 0.422. The number of rotatable bonds is 3. The number of esters is 1. The summed E-state index contributed by atoms with van der Waals surface area (Å²) in [6.07, 6.45) is 5.24. The first-order valence-electron chi connectivity index (χ1n) is 6.23. The number of methoxy groups -OCH3 is 1. The molecule has 1 unspecified atom stereocenters. The second-order valence-corrected chi connectivity index (χ2v) is 4.67. The van der Waals surface area contributed by atoms with Crippen LogP contribution in [0.15, 0.2) is 0 Å². The van der Waals surface area contributed by atoms with Gasteiger partial charge in [0.1, 0.15) is 5.92 Å². The first-order valence-corrected chi connectivity index (χ1v) is 6.23. The van der Waals surface area contributed by atoms with Crippen LogP contribution < -0.4 is 0 Å². The van der Waals surface area contributed by atoms with Gasteiger partial charge in [-0.25, -0.2) is 0 Å². The zero-order chi connectivity index (χ0) is 12.2. The summed E-state index contributed by atoms with van der Waals surface area (Å²) in [7, 11) is 1.36. The molecule has 0 amide bonds. The molecule has 1 aliphatic carbocycles. The van der Waals surface area contributed by atoms with Crippen molar-refractivity contribution in [3.8, 4) is 0 Å². The number of ether oxygens (including phenoxy) is 1. The highest BCUT2D eigenvalue weighted by molar-refractivity contribution is 6.02. The molecule has 1 saturated carbocycles. The van der Waals surface area contributed by atoms with Gasteiger partial charge in [-0.1, -0.05) is 26.7 Å². The van der Waals surface area contributed by atoms with E-state index in [-0.39, 0.29) is 17.2 Å². The lowest BCUT2D eigenvalue weighted by atomic mass is 9.72. The largest absolute Gasteiger partial charge is 0.468 e. The van der Waals surface area contributed by atoms with Crippen molar-refractivity contribution >= 4 is 11.8 Å². The predicted octanol–water partition coefficient (Wildman–Crippen LogP) is 2.73. The fraction of sp³-hybridized carbons (Fsp3) is 0.846. The smallest absolute Gasteiger partial charge is 0.316 e. The lowest BCUT2D eigenvalue weighted by Gasteiger charge is -2.30. The average molecular weight is 226 g/mol. The van der Waals surface area contributed by atoms with Gasteiger partial charge < -0.3 is 4.74 Å². The minimum absolute atomic E-state index is 0.113. The van der Waals surface area contributed by atoms with E-state index in [4.69, 9.17) is 4.74 Å². The molecule has 0 aromatic heterocycles. The maximum atomic E-state index is 12.4. The van der Waals surface area contributed by atoms with Crippen LogP contribution >= 0.6 is 0 Å². The molecule has 0 aromatic carbocycles. The van der Waals surface area contributed by atoms with E-state index in [2.05, 4.69) is 0 Å². The fourth-order valence-corrected chi connectivity index (χ4v) is 2.75. The van der Waals surface area contributed by atoms with Gasteiger partial charge in [0.05, 0.1) is 7.11 Å². The summed E-state index contributed by atoms with van der Waals surface area (Å²) >= 11 is 0. The van der Waals surface area contributed by atoms with Crippen molar-refractivity contribution < 1.29 is 14.3 Å². The van der Waals surface area contributed by atoms with Gasteiger partial charge in [-0.3, -0.25) is 9.59 Å². The molecule has 1 rings (SSSR count). The zero-order valence-electron chi connectivity index (χ0n) is 10.5. The van der Waals surface area contributed by atoms with E-state index in [1.54, 1.807) is 0 Å². The van der Waals surface area contributed by atoms with Crippen LogP contribution in [-0.4, -0.2) is 18.9 Å². The summed E-state index contributed by atoms with van der Waals surface area (Å²) in [6.45, 7) is 4.09. The minimum Gasteiger partial charge on any atom is -0.468 e. The summed E-state index contributed by atoms with van der Waals surface area (Å²) in [5.41, 5.74) is -0.282. The van der Waals surface area contributed by atoms with Crippen LogP contribution in [0.3, 0.4) is 0 Å². The molecule has 0 heterocycles. The number of ketones is 1. The van der Waals surface area contributed by atoms with E-state index in [1.165, 1.54) is 7.11 Å². The fourth-order valence-electron chi connectivity index (χ4n) is 2.75. The van der Waals surface area contributed by atoms with Crippen molar-refractivity contribution in [2.45, 2.75) is 52.4 Å². The summed E-state index contributed by atoms with van der Waals surface area (Å²) in [6, 6.07) is 0. The average Bonchev–Trinajstić information content (AvgIpc) is 2.48. The van der Waals surface area contributed by atoms with Gasteiger partial charge in [-0.15, -0.1) is 0 Å². The zero-order valence-corrected chi connectivity index (χ0v) is 10.5. The highest BCUT2D eigenvalue weighted by atomic mass is 16.5. The molecule has 0 radical (unpaired) electrons. The highest BCUT2D eigenvalue weighted by Crippen LogP contribution is 2.40. The van der Waals surface area contributed by atoms with E-state index in [0.29, 0.717) is 6.42 Å². The molecular formula is C13H22O3. The molecule has 0 aromatic rings. The molecule has 0 bridgehead atoms. The minimum atomic E-state index is -0.521. The van der Waals surface area contributed by atoms with Crippen LogP contribution in [0.25, 0.3) is 0 Å². The standard InChI is InChI=1S/C13H22O3/c1-4-13(5-2)9-7-6-8-10(11(13)14)12(15)16-3/h10H,4-9H2,1-3H3. The predicted molar refractivity (Wildman–Crippen MR) is 62.0 cm³/mol. The molecule has 1 fully saturated rings. The Morgan fingerprint density at radius 1 is 1.38 bits per heavy atom. The molecule has 0 saturated heterocycles. The van der Waals surface area contributed by atoms with Gasteiger partial charge in [-0.05, 0) is 25.7 Å². The maximum Gasteiger partial charge on any atom is 0.316 e. The van der Waals surface area contributed by atoms with Crippen LogP contribution in [0.2, 0.25) is 0 Å². The monoisotopic (exact) mass is 226 g/mol. The molecule has 0 aliphatic heterocycles. The molecule has 0 spiro atoms. The highest BCUT2D eigenvalue weighted by Gasteiger charge is 2.43. The molecule has 1 aliphatic rings. The van der Waals surface area contributed by atoms with Crippen molar-refractivity contribution in [1.82, 2.24) is 0 Å². The molecule has 3 heteroatoms. The topological polar surface area (TPSA) is 43.4 Å². The second-order valence-electron chi connectivity index (χ2n) is 4.67. The number of hydrogen-bond acceptors (Lipinski definition) is 3. The molecule has 1 atom stereocenters. The lowest BCUT2D eigenvalue weighted by molar-refractivity contribution is -0.152. The molecular weight excluding hydrogens is 204 g/mol. The Morgan fingerprint density at radius 3 is 2.50 bits per heavy atom. The van der Waals surface area contributed by atoms with Crippen LogP contribution in [0.1, 0.15) is 52.4 Å². The van der Waals surface area contributed by atoms with Crippen molar-refractivity contribution in [2.24, 2.45) is 11.3 Å². The van der Waals surface area contributed by atoms with Gasteiger partial charge in [-0.2, -0.15) is 0 Å². The van der Waals surface area contributed by atoms with Crippen molar-refractivity contribution in [1.29, 1.82) is 0 Å². The van der Waals surface area contributed by atoms with Crippen LogP contribution in [0.5, 0.6) is 0 Å². The van der Waals surface area contributed by atoms with Gasteiger partial charge in [0, 0.05) is 5.41 Å². The van der Waals surface area contributed by atoms with Crippen LogP contribution in [0, 0.1) is 11.3 Å². The van der Waals surface area contributed by atoms with Gasteiger partial charge in [0.25, 0.3) is 0 Å². The Labute approximate surface area is 97.5 Å². The van der Waals surface area contributed by atoms with E-state index in [0.717, 1.165) is 32.1 Å². The van der Waals surface area contributed by atoms with Crippen molar-refractivity contribution in [3.05, 3.63) is 0 Å². The van der Waals surface area contributed by atoms with Crippen molar-refractivity contribution in [3.63, 3.8) is 0 Å². The third-order valence-corrected chi connectivity index (χ3v) is 4.08. The van der Waals surface area contributed by atoms with Gasteiger partial charge in [0.2, 0.25) is 0 Å². The summed E-state index contributed by atoms with van der Waals surface area (Å²) < 4.78 is 4.74. The third-order valence-electron chi connectivity index (χ3n) is 4.08. The molecule has 16 heavy (non-hydrogen) atoms. The lowest BCUT2D eigenvalue weighted by Crippen LogP contribution is -2.37. The van der Waals surface area contributed by atoms with Gasteiger partial charge in [0.15, 0.2) is 5.78 Å². The first-order chi connectivity index (χ1) is 7.61. The van der Waals surface area contributed by atoms with E-state index in [1.807, 2.05) is 13.8 Å². The van der Waals surface area contributed by atoms with Crippen molar-refractivity contribution in [2.75, 3.05) is 7.11 Å². The SMILES string of the molecule is CCC1(CC)CCCCC(C(=O)OC)C1=O. The van der Waals surface area contributed by atoms with E-state index in [9.17, 15) is 9.59 Å². The van der Waals surface area contributed by atoms with Crippen LogP contribution in [-0.2, 0) is 14.3 Å². The normalized spacial score (nSPS) is 24.9. The molecule has 92 valence electrons. The van der Waals surface area contributed by atoms with E-state index < -0.39 is 5.92 Å². The number of hydrogen-bond donors (Lipinski definition) is 0. The first kappa shape index (κ1) is 13.2. The number of carbonyl (C=O) groups excluding carboxylic acids is 2. The van der Waals surface area contributed by atoms with E-state index >= 15 is 0 Å². The number of carbonyl (C=O) groups is 2. The van der Waals surface area contributed by atoms with Gasteiger partial charge >= 0.3 is 5.97 Å². The Hall–Kier alpha value is -0.860. The number of Topliss-reactive ketones (excluding diaryl/α,β-unsaturated/α-hetero) is 1.